The monoisotopic (exact) mass is 265 g/mol. The number of H-pyrrole nitrogens is 1. The molecule has 0 aliphatic carbocycles. The summed E-state index contributed by atoms with van der Waals surface area (Å²) in [5.74, 6) is -0.972. The summed E-state index contributed by atoms with van der Waals surface area (Å²) in [6.45, 7) is 2.18. The summed E-state index contributed by atoms with van der Waals surface area (Å²) in [6, 6.07) is 4.34. The minimum atomic E-state index is -1.19. The molecule has 0 spiro atoms. The second kappa shape index (κ2) is 4.85. The highest BCUT2D eigenvalue weighted by Gasteiger charge is 2.39. The maximum Gasteiger partial charge on any atom is 0.270 e. The Balaban J connectivity index is 2.20. The fraction of sp³-hybridized carbons (Fsp3) is 0.417. The molecule has 1 aliphatic rings. The molecule has 7 heteroatoms. The van der Waals surface area contributed by atoms with Crippen molar-refractivity contribution in [2.24, 2.45) is 5.73 Å². The Morgan fingerprint density at radius 3 is 2.84 bits per heavy atom. The highest BCUT2D eigenvalue weighted by atomic mass is 16.5. The van der Waals surface area contributed by atoms with Gasteiger partial charge in [-0.1, -0.05) is 6.07 Å². The van der Waals surface area contributed by atoms with Gasteiger partial charge in [-0.05, 0) is 13.0 Å². The van der Waals surface area contributed by atoms with Gasteiger partial charge in [0.1, 0.15) is 5.69 Å². The number of amides is 2. The van der Waals surface area contributed by atoms with E-state index in [1.807, 2.05) is 0 Å². The van der Waals surface area contributed by atoms with Crippen molar-refractivity contribution in [1.82, 2.24) is 9.88 Å². The molecule has 7 nitrogen and oxygen atoms in total. The summed E-state index contributed by atoms with van der Waals surface area (Å²) >= 11 is 0. The van der Waals surface area contributed by atoms with Gasteiger partial charge < -0.3 is 20.4 Å². The number of nitrogens with zero attached hydrogens (tertiary/aromatic N) is 1. The molecule has 0 radical (unpaired) electrons. The summed E-state index contributed by atoms with van der Waals surface area (Å²) in [5, 5.41) is 0. The summed E-state index contributed by atoms with van der Waals surface area (Å²) in [7, 11) is 0. The molecule has 0 unspecified atom stereocenters. The largest absolute Gasteiger partial charge is 0.367 e. The number of nitrogens with two attached hydrogens (primary N) is 1. The second-order valence-electron chi connectivity index (χ2n) is 4.60. The Kier molecular flexibility index (Phi) is 3.39. The number of carbonyl (C=O) groups excluding carboxylic acids is 2. The van der Waals surface area contributed by atoms with Crippen LogP contribution < -0.4 is 11.3 Å². The molecule has 2 rings (SSSR count). The topological polar surface area (TPSA) is 105 Å². The van der Waals surface area contributed by atoms with Crippen LogP contribution in [0.2, 0.25) is 0 Å². The van der Waals surface area contributed by atoms with Crippen LogP contribution >= 0.6 is 0 Å². The lowest BCUT2D eigenvalue weighted by atomic mass is 10.0. The SMILES string of the molecule is C[C@]1(C(N)=O)CN(C(=O)c2cccc(=O)[nH]2)CCO1. The van der Waals surface area contributed by atoms with Crippen LogP contribution in [0.3, 0.4) is 0 Å². The number of ether oxygens (including phenoxy) is 1. The van der Waals surface area contributed by atoms with Crippen LogP contribution in [0, 0.1) is 0 Å². The number of morpholine rings is 1. The first kappa shape index (κ1) is 13.3. The molecule has 1 saturated heterocycles. The average molecular weight is 265 g/mol. The van der Waals surface area contributed by atoms with E-state index < -0.39 is 11.5 Å². The van der Waals surface area contributed by atoms with E-state index >= 15 is 0 Å². The normalized spacial score (nSPS) is 23.1. The van der Waals surface area contributed by atoms with Crippen LogP contribution in [0.25, 0.3) is 0 Å². The Bertz CT molecular complexity index is 568. The second-order valence-corrected chi connectivity index (χ2v) is 4.60. The number of aromatic amines is 1. The van der Waals surface area contributed by atoms with Crippen molar-refractivity contribution in [3.05, 3.63) is 34.2 Å². The van der Waals surface area contributed by atoms with E-state index in [-0.39, 0.29) is 30.3 Å². The van der Waals surface area contributed by atoms with Gasteiger partial charge in [0.05, 0.1) is 13.2 Å². The van der Waals surface area contributed by atoms with Crippen molar-refractivity contribution in [2.75, 3.05) is 19.7 Å². The molecule has 102 valence electrons. The third-order valence-corrected chi connectivity index (χ3v) is 3.08. The number of hydrogen-bond donors (Lipinski definition) is 2. The Morgan fingerprint density at radius 2 is 2.21 bits per heavy atom. The third kappa shape index (κ3) is 2.65. The molecule has 0 saturated carbocycles. The predicted molar refractivity (Wildman–Crippen MR) is 66.5 cm³/mol. The summed E-state index contributed by atoms with van der Waals surface area (Å²) in [4.78, 5) is 38.6. The van der Waals surface area contributed by atoms with E-state index in [0.717, 1.165) is 0 Å². The lowest BCUT2D eigenvalue weighted by Gasteiger charge is -2.38. The first-order valence-corrected chi connectivity index (χ1v) is 5.85. The van der Waals surface area contributed by atoms with Crippen LogP contribution in [0.5, 0.6) is 0 Å². The molecular weight excluding hydrogens is 250 g/mol. The van der Waals surface area contributed by atoms with Gasteiger partial charge in [0.25, 0.3) is 11.8 Å². The van der Waals surface area contributed by atoms with Gasteiger partial charge in [-0.25, -0.2) is 0 Å². The Labute approximate surface area is 109 Å². The highest BCUT2D eigenvalue weighted by Crippen LogP contribution is 2.18. The van der Waals surface area contributed by atoms with Gasteiger partial charge in [0.2, 0.25) is 5.56 Å². The number of aromatic nitrogens is 1. The third-order valence-electron chi connectivity index (χ3n) is 3.08. The zero-order valence-electron chi connectivity index (χ0n) is 10.5. The highest BCUT2D eigenvalue weighted by molar-refractivity contribution is 5.93. The molecule has 19 heavy (non-hydrogen) atoms. The maximum absolute atomic E-state index is 12.2. The van der Waals surface area contributed by atoms with Crippen molar-refractivity contribution in [1.29, 1.82) is 0 Å². The lowest BCUT2D eigenvalue weighted by Crippen LogP contribution is -2.58. The van der Waals surface area contributed by atoms with E-state index in [2.05, 4.69) is 4.98 Å². The molecule has 2 amide bonds. The fourth-order valence-corrected chi connectivity index (χ4v) is 1.94. The zero-order valence-corrected chi connectivity index (χ0v) is 10.5. The molecule has 0 bridgehead atoms. The summed E-state index contributed by atoms with van der Waals surface area (Å²) in [5.41, 5.74) is 3.91. The molecule has 2 heterocycles. The Morgan fingerprint density at radius 1 is 1.47 bits per heavy atom. The predicted octanol–water partition coefficient (Wildman–Crippen LogP) is -0.909. The van der Waals surface area contributed by atoms with Gasteiger partial charge in [0, 0.05) is 12.6 Å². The van der Waals surface area contributed by atoms with E-state index in [0.29, 0.717) is 6.54 Å². The smallest absolute Gasteiger partial charge is 0.270 e. The van der Waals surface area contributed by atoms with Crippen molar-refractivity contribution >= 4 is 11.8 Å². The standard InChI is InChI=1S/C12H15N3O4/c1-12(11(13)18)7-15(5-6-19-12)10(17)8-3-2-4-9(16)14-8/h2-4H,5-7H2,1H3,(H2,13,18)(H,14,16)/t12-/m1/s1. The number of nitrogens with one attached hydrogen (secondary N) is 1. The van der Waals surface area contributed by atoms with Crippen LogP contribution in [0.1, 0.15) is 17.4 Å². The average Bonchev–Trinajstić information content (AvgIpc) is 2.38. The number of pyridine rings is 1. The molecule has 1 atom stereocenters. The lowest BCUT2D eigenvalue weighted by molar-refractivity contribution is -0.150. The number of primary amides is 1. The maximum atomic E-state index is 12.2. The van der Waals surface area contributed by atoms with Gasteiger partial charge in [-0.2, -0.15) is 0 Å². The van der Waals surface area contributed by atoms with Crippen molar-refractivity contribution in [2.45, 2.75) is 12.5 Å². The van der Waals surface area contributed by atoms with E-state index in [9.17, 15) is 14.4 Å². The first-order chi connectivity index (χ1) is 8.92. The van der Waals surface area contributed by atoms with Crippen molar-refractivity contribution in [3.8, 4) is 0 Å². The first-order valence-electron chi connectivity index (χ1n) is 5.85. The van der Waals surface area contributed by atoms with E-state index in [4.69, 9.17) is 10.5 Å². The molecule has 1 aromatic heterocycles. The fourth-order valence-electron chi connectivity index (χ4n) is 1.94. The molecule has 3 N–H and O–H groups in total. The quantitative estimate of drug-likeness (QED) is 0.722. The summed E-state index contributed by atoms with van der Waals surface area (Å²) in [6.07, 6.45) is 0. The van der Waals surface area contributed by atoms with Crippen LogP contribution in [-0.2, 0) is 9.53 Å². The number of hydrogen-bond acceptors (Lipinski definition) is 4. The van der Waals surface area contributed by atoms with Crippen LogP contribution in [0.15, 0.2) is 23.0 Å². The minimum Gasteiger partial charge on any atom is -0.367 e. The van der Waals surface area contributed by atoms with E-state index in [1.165, 1.54) is 23.1 Å². The van der Waals surface area contributed by atoms with Crippen molar-refractivity contribution in [3.63, 3.8) is 0 Å². The van der Waals surface area contributed by atoms with Crippen LogP contribution in [-0.4, -0.2) is 47.0 Å². The summed E-state index contributed by atoms with van der Waals surface area (Å²) < 4.78 is 5.33. The molecule has 1 aliphatic heterocycles. The molecular formula is C12H15N3O4. The molecule has 1 aromatic rings. The van der Waals surface area contributed by atoms with Gasteiger partial charge in [-0.3, -0.25) is 14.4 Å². The van der Waals surface area contributed by atoms with Gasteiger partial charge >= 0.3 is 0 Å². The van der Waals surface area contributed by atoms with Crippen molar-refractivity contribution < 1.29 is 14.3 Å². The molecule has 1 fully saturated rings. The van der Waals surface area contributed by atoms with Gasteiger partial charge in [-0.15, -0.1) is 0 Å². The molecule has 0 aromatic carbocycles. The van der Waals surface area contributed by atoms with E-state index in [1.54, 1.807) is 6.92 Å². The van der Waals surface area contributed by atoms with Crippen LogP contribution in [0.4, 0.5) is 0 Å². The minimum absolute atomic E-state index is 0.0676. The number of rotatable bonds is 2. The Hall–Kier alpha value is -2.15. The number of carbonyl (C=O) groups is 2. The zero-order chi connectivity index (χ0) is 14.0. The van der Waals surface area contributed by atoms with Gasteiger partial charge in [0.15, 0.2) is 5.60 Å².